The fourth-order valence-electron chi connectivity index (χ4n) is 2.83. The lowest BCUT2D eigenvalue weighted by molar-refractivity contribution is -0.123. The molecule has 0 aliphatic carbocycles. The maximum Gasteiger partial charge on any atom is 0.237 e. The third-order valence-electron chi connectivity index (χ3n) is 4.14. The van der Waals surface area contributed by atoms with Crippen molar-refractivity contribution in [1.82, 2.24) is 10.6 Å². The number of carbonyl (C=O) groups is 1. The molecule has 0 spiro atoms. The molecular weight excluding hydrogens is 276 g/mol. The second-order valence-corrected chi connectivity index (χ2v) is 5.55. The maximum atomic E-state index is 12.3. The van der Waals surface area contributed by atoms with Crippen LogP contribution in [-0.4, -0.2) is 17.1 Å². The Hall–Kier alpha value is -2.17. The van der Waals surface area contributed by atoms with Gasteiger partial charge < -0.3 is 15.7 Å². The Kier molecular flexibility index (Phi) is 4.51. The molecular formula is C18H20N2O2. The summed E-state index contributed by atoms with van der Waals surface area (Å²) in [7, 11) is 0. The molecule has 2 aromatic rings. The van der Waals surface area contributed by atoms with Crippen molar-refractivity contribution in [2.24, 2.45) is 0 Å². The molecule has 1 aliphatic heterocycles. The van der Waals surface area contributed by atoms with Crippen molar-refractivity contribution in [1.29, 1.82) is 0 Å². The van der Waals surface area contributed by atoms with Crippen LogP contribution >= 0.6 is 0 Å². The van der Waals surface area contributed by atoms with Gasteiger partial charge in [-0.15, -0.1) is 0 Å². The minimum atomic E-state index is -0.198. The molecule has 1 heterocycles. The van der Waals surface area contributed by atoms with Crippen LogP contribution in [0.1, 0.15) is 22.3 Å². The first kappa shape index (κ1) is 14.8. The van der Waals surface area contributed by atoms with Crippen molar-refractivity contribution in [3.8, 4) is 0 Å². The molecule has 4 heteroatoms. The van der Waals surface area contributed by atoms with Crippen LogP contribution in [0.25, 0.3) is 0 Å². The summed E-state index contributed by atoms with van der Waals surface area (Å²) in [5.41, 5.74) is 4.30. The molecule has 0 saturated heterocycles. The molecule has 0 saturated carbocycles. The highest BCUT2D eigenvalue weighted by Gasteiger charge is 2.23. The van der Waals surface area contributed by atoms with Crippen molar-refractivity contribution in [3.05, 3.63) is 70.8 Å². The van der Waals surface area contributed by atoms with Crippen molar-refractivity contribution < 1.29 is 9.90 Å². The highest BCUT2D eigenvalue weighted by molar-refractivity contribution is 5.82. The van der Waals surface area contributed by atoms with E-state index in [1.54, 1.807) is 0 Å². The number of fused-ring (bicyclic) bond motifs is 1. The molecule has 1 aliphatic rings. The van der Waals surface area contributed by atoms with Crippen LogP contribution in [0.3, 0.4) is 0 Å². The van der Waals surface area contributed by atoms with Gasteiger partial charge in [0.15, 0.2) is 0 Å². The Bertz CT molecular complexity index is 670. The summed E-state index contributed by atoms with van der Waals surface area (Å²) >= 11 is 0. The van der Waals surface area contributed by atoms with E-state index in [0.29, 0.717) is 13.0 Å². The normalized spacial score (nSPS) is 16.9. The quantitative estimate of drug-likeness (QED) is 0.801. The number of nitrogens with one attached hydrogen (secondary N) is 2. The Morgan fingerprint density at radius 2 is 1.77 bits per heavy atom. The van der Waals surface area contributed by atoms with Crippen LogP contribution in [0, 0.1) is 0 Å². The van der Waals surface area contributed by atoms with Crippen molar-refractivity contribution >= 4 is 5.91 Å². The van der Waals surface area contributed by atoms with Crippen LogP contribution in [0.2, 0.25) is 0 Å². The molecule has 0 radical (unpaired) electrons. The first-order chi connectivity index (χ1) is 10.8. The molecule has 22 heavy (non-hydrogen) atoms. The molecule has 1 amide bonds. The topological polar surface area (TPSA) is 61.4 Å². The zero-order valence-electron chi connectivity index (χ0n) is 12.4. The molecule has 0 fully saturated rings. The standard InChI is InChI=1S/C18H20N2O2/c21-12-16-8-4-3-7-15(16)11-20-18(22)17-9-13-5-1-2-6-14(13)10-19-17/h1-8,17,19,21H,9-12H2,(H,20,22)/t17-/m1/s1. The molecule has 114 valence electrons. The van der Waals surface area contributed by atoms with Gasteiger partial charge >= 0.3 is 0 Å². The van der Waals surface area contributed by atoms with E-state index in [1.165, 1.54) is 11.1 Å². The maximum absolute atomic E-state index is 12.3. The zero-order chi connectivity index (χ0) is 15.4. The number of benzene rings is 2. The van der Waals surface area contributed by atoms with E-state index in [0.717, 1.165) is 17.7 Å². The van der Waals surface area contributed by atoms with Crippen molar-refractivity contribution in [3.63, 3.8) is 0 Å². The SMILES string of the molecule is O=C(NCc1ccccc1CO)[C@H]1Cc2ccccc2CN1. The predicted molar refractivity (Wildman–Crippen MR) is 85.0 cm³/mol. The van der Waals surface area contributed by atoms with Crippen LogP contribution in [-0.2, 0) is 30.9 Å². The lowest BCUT2D eigenvalue weighted by atomic mass is 9.95. The lowest BCUT2D eigenvalue weighted by Crippen LogP contribution is -2.47. The fourth-order valence-corrected chi connectivity index (χ4v) is 2.83. The molecule has 0 bridgehead atoms. The van der Waals surface area contributed by atoms with Gasteiger partial charge in [0.05, 0.1) is 12.6 Å². The number of hydrogen-bond donors (Lipinski definition) is 3. The molecule has 0 unspecified atom stereocenters. The van der Waals surface area contributed by atoms with E-state index in [2.05, 4.69) is 22.8 Å². The van der Waals surface area contributed by atoms with Gasteiger partial charge in [-0.2, -0.15) is 0 Å². The van der Waals surface area contributed by atoms with Crippen molar-refractivity contribution in [2.45, 2.75) is 32.2 Å². The van der Waals surface area contributed by atoms with E-state index in [-0.39, 0.29) is 18.6 Å². The first-order valence-corrected chi connectivity index (χ1v) is 7.53. The summed E-state index contributed by atoms with van der Waals surface area (Å²) in [6.07, 6.45) is 0.712. The van der Waals surface area contributed by atoms with E-state index in [1.807, 2.05) is 36.4 Å². The highest BCUT2D eigenvalue weighted by Crippen LogP contribution is 2.16. The van der Waals surface area contributed by atoms with Gasteiger partial charge in [-0.1, -0.05) is 48.5 Å². The minimum absolute atomic E-state index is 0.00208. The summed E-state index contributed by atoms with van der Waals surface area (Å²) < 4.78 is 0. The Morgan fingerprint density at radius 3 is 2.55 bits per heavy atom. The second kappa shape index (κ2) is 6.73. The largest absolute Gasteiger partial charge is 0.392 e. The van der Waals surface area contributed by atoms with Gasteiger partial charge in [0.1, 0.15) is 0 Å². The van der Waals surface area contributed by atoms with Crippen LogP contribution in [0.5, 0.6) is 0 Å². The number of aliphatic hydroxyl groups is 1. The number of amides is 1. The summed E-state index contributed by atoms with van der Waals surface area (Å²) in [4.78, 5) is 12.3. The monoisotopic (exact) mass is 296 g/mol. The first-order valence-electron chi connectivity index (χ1n) is 7.53. The van der Waals surface area contributed by atoms with Gasteiger partial charge in [0.25, 0.3) is 0 Å². The van der Waals surface area contributed by atoms with E-state index in [4.69, 9.17) is 0 Å². The Labute approximate surface area is 130 Å². The summed E-state index contributed by atoms with van der Waals surface area (Å²) in [6, 6.07) is 15.6. The molecule has 0 aromatic heterocycles. The van der Waals surface area contributed by atoms with E-state index < -0.39 is 0 Å². The lowest BCUT2D eigenvalue weighted by Gasteiger charge is -2.25. The number of rotatable bonds is 4. The third-order valence-corrected chi connectivity index (χ3v) is 4.14. The third kappa shape index (κ3) is 3.18. The second-order valence-electron chi connectivity index (χ2n) is 5.55. The van der Waals surface area contributed by atoms with E-state index in [9.17, 15) is 9.90 Å². The van der Waals surface area contributed by atoms with Crippen LogP contribution in [0.4, 0.5) is 0 Å². The van der Waals surface area contributed by atoms with E-state index >= 15 is 0 Å². The summed E-state index contributed by atoms with van der Waals surface area (Å²) in [6.45, 7) is 1.15. The fraction of sp³-hybridized carbons (Fsp3) is 0.278. The molecule has 3 N–H and O–H groups in total. The average Bonchev–Trinajstić information content (AvgIpc) is 2.59. The van der Waals surface area contributed by atoms with Crippen LogP contribution < -0.4 is 10.6 Å². The number of carbonyl (C=O) groups excluding carboxylic acids is 1. The minimum Gasteiger partial charge on any atom is -0.392 e. The Morgan fingerprint density at radius 1 is 1.09 bits per heavy atom. The molecule has 3 rings (SSSR count). The van der Waals surface area contributed by atoms with Gasteiger partial charge in [0, 0.05) is 13.1 Å². The summed E-state index contributed by atoms with van der Waals surface area (Å²) in [5.74, 6) is 0.00208. The van der Waals surface area contributed by atoms with Gasteiger partial charge in [-0.3, -0.25) is 4.79 Å². The van der Waals surface area contributed by atoms with Crippen molar-refractivity contribution in [2.75, 3.05) is 0 Å². The molecule has 1 atom stereocenters. The van der Waals surface area contributed by atoms with Gasteiger partial charge in [-0.05, 0) is 28.7 Å². The number of hydrogen-bond acceptors (Lipinski definition) is 3. The summed E-state index contributed by atoms with van der Waals surface area (Å²) in [5, 5.41) is 15.6. The molecule has 4 nitrogen and oxygen atoms in total. The van der Waals surface area contributed by atoms with Gasteiger partial charge in [-0.25, -0.2) is 0 Å². The Balaban J connectivity index is 1.61. The number of aliphatic hydroxyl groups excluding tert-OH is 1. The smallest absolute Gasteiger partial charge is 0.237 e. The average molecular weight is 296 g/mol. The predicted octanol–water partition coefficient (Wildman–Crippen LogP) is 1.51. The zero-order valence-corrected chi connectivity index (χ0v) is 12.4. The van der Waals surface area contributed by atoms with Crippen LogP contribution in [0.15, 0.2) is 48.5 Å². The highest BCUT2D eigenvalue weighted by atomic mass is 16.3. The van der Waals surface area contributed by atoms with Gasteiger partial charge in [0.2, 0.25) is 5.91 Å². The molecule has 2 aromatic carbocycles.